The predicted octanol–water partition coefficient (Wildman–Crippen LogP) is 2.52. The smallest absolute Gasteiger partial charge is 0.229 e. The molecule has 19 heavy (non-hydrogen) atoms. The average molecular weight is 261 g/mol. The fourth-order valence-corrected chi connectivity index (χ4v) is 1.89. The van der Waals surface area contributed by atoms with Crippen molar-refractivity contribution in [3.05, 3.63) is 41.3 Å². The molecule has 4 N–H and O–H groups in total. The molecule has 1 aromatic carbocycles. The summed E-state index contributed by atoms with van der Waals surface area (Å²) in [4.78, 5) is 8.60. The number of halogens is 1. The summed E-state index contributed by atoms with van der Waals surface area (Å²) in [5.74, 6) is 6.10. The first kappa shape index (κ1) is 13.2. The Kier molecular flexibility index (Phi) is 3.91. The van der Waals surface area contributed by atoms with Crippen molar-refractivity contribution < 1.29 is 4.39 Å². The number of rotatable bonds is 4. The number of nitrogens with one attached hydrogen (secondary N) is 2. The summed E-state index contributed by atoms with van der Waals surface area (Å²) >= 11 is 0. The van der Waals surface area contributed by atoms with E-state index in [-0.39, 0.29) is 5.82 Å². The number of hydrogen-bond acceptors (Lipinski definition) is 5. The zero-order chi connectivity index (χ0) is 13.8. The van der Waals surface area contributed by atoms with E-state index in [1.807, 2.05) is 13.8 Å². The Hall–Kier alpha value is -2.21. The Morgan fingerprint density at radius 3 is 2.74 bits per heavy atom. The van der Waals surface area contributed by atoms with Gasteiger partial charge < -0.3 is 10.7 Å². The normalized spacial score (nSPS) is 10.3. The number of nitrogens with two attached hydrogens (primary N) is 1. The lowest BCUT2D eigenvalue weighted by Gasteiger charge is -2.12. The van der Waals surface area contributed by atoms with E-state index >= 15 is 0 Å². The second-order valence-corrected chi connectivity index (χ2v) is 4.09. The third kappa shape index (κ3) is 2.97. The van der Waals surface area contributed by atoms with Crippen molar-refractivity contribution in [1.82, 2.24) is 9.97 Å². The Morgan fingerprint density at radius 1 is 1.32 bits per heavy atom. The number of benzene rings is 1. The van der Waals surface area contributed by atoms with Crippen LogP contribution in [0.25, 0.3) is 0 Å². The maximum atomic E-state index is 13.1. The molecule has 0 radical (unpaired) electrons. The number of aromatic nitrogens is 2. The highest BCUT2D eigenvalue weighted by molar-refractivity contribution is 5.57. The van der Waals surface area contributed by atoms with Crippen molar-refractivity contribution in [2.24, 2.45) is 5.84 Å². The molecule has 1 aromatic heterocycles. The van der Waals surface area contributed by atoms with Crippen LogP contribution in [0.15, 0.2) is 24.3 Å². The second kappa shape index (κ2) is 5.62. The maximum absolute atomic E-state index is 13.1. The van der Waals surface area contributed by atoms with Gasteiger partial charge >= 0.3 is 0 Å². The van der Waals surface area contributed by atoms with E-state index in [4.69, 9.17) is 5.84 Å². The fraction of sp³-hybridized carbons (Fsp3) is 0.231. The van der Waals surface area contributed by atoms with Gasteiger partial charge in [-0.05, 0) is 31.5 Å². The monoisotopic (exact) mass is 261 g/mol. The molecule has 0 saturated heterocycles. The van der Waals surface area contributed by atoms with Crippen molar-refractivity contribution >= 4 is 17.5 Å². The van der Waals surface area contributed by atoms with Gasteiger partial charge in [0.25, 0.3) is 0 Å². The first-order chi connectivity index (χ1) is 9.13. The minimum absolute atomic E-state index is 0.316. The van der Waals surface area contributed by atoms with E-state index in [2.05, 4.69) is 20.7 Å². The third-order valence-electron chi connectivity index (χ3n) is 2.78. The number of anilines is 3. The molecule has 2 rings (SSSR count). The molecule has 1 heterocycles. The van der Waals surface area contributed by atoms with Gasteiger partial charge in [0.05, 0.1) is 0 Å². The molecule has 0 aliphatic carbocycles. The lowest BCUT2D eigenvalue weighted by Crippen LogP contribution is -2.14. The number of hydrogen-bond donors (Lipinski definition) is 3. The molecule has 0 bridgehead atoms. The SMILES string of the molecule is CCc1c(C)nc(Nc2cccc(F)c2)nc1NN. The summed E-state index contributed by atoms with van der Waals surface area (Å²) in [6.07, 6.45) is 0.783. The van der Waals surface area contributed by atoms with Crippen LogP contribution in [0.4, 0.5) is 21.8 Å². The highest BCUT2D eigenvalue weighted by Gasteiger charge is 2.09. The van der Waals surface area contributed by atoms with Gasteiger partial charge in [0, 0.05) is 16.9 Å². The molecule has 0 aliphatic rings. The Morgan fingerprint density at radius 2 is 2.11 bits per heavy atom. The number of aryl methyl sites for hydroxylation is 1. The fourth-order valence-electron chi connectivity index (χ4n) is 1.89. The summed E-state index contributed by atoms with van der Waals surface area (Å²) in [6, 6.07) is 6.12. The second-order valence-electron chi connectivity index (χ2n) is 4.09. The molecular formula is C13H16FN5. The van der Waals surface area contributed by atoms with Gasteiger partial charge in [-0.2, -0.15) is 4.98 Å². The Balaban J connectivity index is 2.33. The minimum Gasteiger partial charge on any atom is -0.324 e. The lowest BCUT2D eigenvalue weighted by molar-refractivity contribution is 0.628. The molecular weight excluding hydrogens is 245 g/mol. The van der Waals surface area contributed by atoms with Gasteiger partial charge in [0.15, 0.2) is 0 Å². The molecule has 0 amide bonds. The van der Waals surface area contributed by atoms with E-state index in [9.17, 15) is 4.39 Å². The van der Waals surface area contributed by atoms with E-state index in [0.717, 1.165) is 17.7 Å². The highest BCUT2D eigenvalue weighted by atomic mass is 19.1. The Bertz CT molecular complexity index is 585. The number of nitrogen functional groups attached to an aromatic ring is 1. The standard InChI is InChI=1S/C13H16FN5/c1-3-11-8(2)16-13(18-12(11)19-15)17-10-6-4-5-9(14)7-10/h4-7H,3,15H2,1-2H3,(H2,16,17,18,19). The molecule has 0 unspecified atom stereocenters. The van der Waals surface area contributed by atoms with Crippen molar-refractivity contribution in [3.8, 4) is 0 Å². The first-order valence-electron chi connectivity index (χ1n) is 6.00. The van der Waals surface area contributed by atoms with Gasteiger partial charge in [-0.3, -0.25) is 0 Å². The van der Waals surface area contributed by atoms with Crippen LogP contribution in [0.2, 0.25) is 0 Å². The van der Waals surface area contributed by atoms with E-state index < -0.39 is 0 Å². The van der Waals surface area contributed by atoms with Gasteiger partial charge in [-0.1, -0.05) is 13.0 Å². The summed E-state index contributed by atoms with van der Waals surface area (Å²) in [6.45, 7) is 3.89. The van der Waals surface area contributed by atoms with Crippen molar-refractivity contribution in [2.75, 3.05) is 10.7 Å². The van der Waals surface area contributed by atoms with Crippen LogP contribution in [0.1, 0.15) is 18.2 Å². The largest absolute Gasteiger partial charge is 0.324 e. The zero-order valence-corrected chi connectivity index (χ0v) is 10.9. The quantitative estimate of drug-likeness (QED) is 0.582. The topological polar surface area (TPSA) is 75.9 Å². The highest BCUT2D eigenvalue weighted by Crippen LogP contribution is 2.20. The van der Waals surface area contributed by atoms with Gasteiger partial charge in [0.2, 0.25) is 5.95 Å². The molecule has 0 aliphatic heterocycles. The van der Waals surface area contributed by atoms with Gasteiger partial charge in [0.1, 0.15) is 11.6 Å². The van der Waals surface area contributed by atoms with Crippen molar-refractivity contribution in [3.63, 3.8) is 0 Å². The third-order valence-corrected chi connectivity index (χ3v) is 2.78. The molecule has 2 aromatic rings. The zero-order valence-electron chi connectivity index (χ0n) is 10.9. The van der Waals surface area contributed by atoms with Crippen LogP contribution < -0.4 is 16.6 Å². The van der Waals surface area contributed by atoms with Gasteiger partial charge in [-0.25, -0.2) is 15.2 Å². The van der Waals surface area contributed by atoms with E-state index in [1.165, 1.54) is 12.1 Å². The predicted molar refractivity (Wildman–Crippen MR) is 73.6 cm³/mol. The molecule has 100 valence electrons. The molecule has 5 nitrogen and oxygen atoms in total. The van der Waals surface area contributed by atoms with Crippen LogP contribution in [0, 0.1) is 12.7 Å². The average Bonchev–Trinajstić information content (AvgIpc) is 2.38. The van der Waals surface area contributed by atoms with Crippen LogP contribution >= 0.6 is 0 Å². The first-order valence-corrected chi connectivity index (χ1v) is 6.00. The number of hydrazine groups is 1. The summed E-state index contributed by atoms with van der Waals surface area (Å²) < 4.78 is 13.1. The molecule has 0 atom stereocenters. The van der Waals surface area contributed by atoms with Crippen molar-refractivity contribution in [1.29, 1.82) is 0 Å². The van der Waals surface area contributed by atoms with Gasteiger partial charge in [-0.15, -0.1) is 0 Å². The minimum atomic E-state index is -0.316. The number of nitrogens with zero attached hydrogens (tertiary/aromatic N) is 2. The van der Waals surface area contributed by atoms with Crippen LogP contribution in [-0.2, 0) is 6.42 Å². The molecule has 6 heteroatoms. The summed E-state index contributed by atoms with van der Waals surface area (Å²) in [5, 5.41) is 2.95. The maximum Gasteiger partial charge on any atom is 0.229 e. The van der Waals surface area contributed by atoms with E-state index in [1.54, 1.807) is 12.1 Å². The van der Waals surface area contributed by atoms with Crippen LogP contribution in [0.3, 0.4) is 0 Å². The summed E-state index contributed by atoms with van der Waals surface area (Å²) in [7, 11) is 0. The lowest BCUT2D eigenvalue weighted by atomic mass is 10.2. The molecule has 0 spiro atoms. The van der Waals surface area contributed by atoms with Crippen molar-refractivity contribution in [2.45, 2.75) is 20.3 Å². The van der Waals surface area contributed by atoms with Crippen LogP contribution in [0.5, 0.6) is 0 Å². The van der Waals surface area contributed by atoms with E-state index in [0.29, 0.717) is 17.5 Å². The Labute approximate surface area is 111 Å². The summed E-state index contributed by atoms with van der Waals surface area (Å²) in [5.41, 5.74) is 4.95. The molecule has 0 fully saturated rings. The molecule has 0 saturated carbocycles. The van der Waals surface area contributed by atoms with Crippen LogP contribution in [-0.4, -0.2) is 9.97 Å².